The molecule has 1 aliphatic heterocycles. The van der Waals surface area contributed by atoms with Crippen molar-refractivity contribution in [1.82, 2.24) is 9.97 Å². The molecule has 14 heavy (non-hydrogen) atoms. The highest BCUT2D eigenvalue weighted by molar-refractivity contribution is 5.98. The number of aryl methyl sites for hydroxylation is 1. The molecule has 1 aromatic rings. The molecule has 0 radical (unpaired) electrons. The summed E-state index contributed by atoms with van der Waals surface area (Å²) in [4.78, 5) is 15.1. The van der Waals surface area contributed by atoms with Crippen molar-refractivity contribution >= 4 is 11.7 Å². The van der Waals surface area contributed by atoms with Gasteiger partial charge in [-0.15, -0.1) is 0 Å². The van der Waals surface area contributed by atoms with Crippen molar-refractivity contribution < 1.29 is 4.84 Å². The van der Waals surface area contributed by atoms with Crippen LogP contribution >= 0.6 is 0 Å². The van der Waals surface area contributed by atoms with Gasteiger partial charge in [-0.25, -0.2) is 9.97 Å². The van der Waals surface area contributed by atoms with Gasteiger partial charge in [0, 0.05) is 12.4 Å². The molecular formula is C9H12N4O. The number of anilines is 1. The molecule has 5 heteroatoms. The molecule has 74 valence electrons. The average molecular weight is 192 g/mol. The second-order valence-electron chi connectivity index (χ2n) is 3.26. The van der Waals surface area contributed by atoms with E-state index in [2.05, 4.69) is 20.0 Å². The highest BCUT2D eigenvalue weighted by atomic mass is 16.6. The van der Waals surface area contributed by atoms with E-state index in [1.54, 1.807) is 7.11 Å². The molecule has 0 atom stereocenters. The van der Waals surface area contributed by atoms with Crippen molar-refractivity contribution in [2.24, 2.45) is 5.16 Å². The van der Waals surface area contributed by atoms with E-state index >= 15 is 0 Å². The molecule has 0 N–H and O–H groups in total. The van der Waals surface area contributed by atoms with Crippen LogP contribution in [0.5, 0.6) is 0 Å². The summed E-state index contributed by atoms with van der Waals surface area (Å²) in [6.07, 6.45) is 3.63. The maximum atomic E-state index is 4.67. The van der Waals surface area contributed by atoms with Gasteiger partial charge in [0.15, 0.2) is 0 Å². The molecule has 1 aromatic heterocycles. The van der Waals surface area contributed by atoms with Crippen LogP contribution in [0.15, 0.2) is 17.5 Å². The van der Waals surface area contributed by atoms with Gasteiger partial charge in [-0.05, 0) is 12.5 Å². The molecule has 0 aliphatic carbocycles. The summed E-state index contributed by atoms with van der Waals surface area (Å²) in [5.74, 6) is 0.755. The zero-order valence-corrected chi connectivity index (χ0v) is 8.27. The lowest BCUT2D eigenvalue weighted by molar-refractivity contribution is 0.211. The van der Waals surface area contributed by atoms with Gasteiger partial charge in [-0.2, -0.15) is 0 Å². The summed E-state index contributed by atoms with van der Waals surface area (Å²) < 4.78 is 0. The third kappa shape index (κ3) is 1.66. The van der Waals surface area contributed by atoms with Crippen molar-refractivity contribution in [3.8, 4) is 0 Å². The fourth-order valence-corrected chi connectivity index (χ4v) is 1.27. The smallest absolute Gasteiger partial charge is 0.225 e. The van der Waals surface area contributed by atoms with Gasteiger partial charge in [-0.3, -0.25) is 0 Å². The van der Waals surface area contributed by atoms with E-state index < -0.39 is 0 Å². The van der Waals surface area contributed by atoms with Crippen LogP contribution < -0.4 is 4.90 Å². The minimum absolute atomic E-state index is 0.755. The first-order valence-corrected chi connectivity index (χ1v) is 4.42. The third-order valence-electron chi connectivity index (χ3n) is 2.02. The van der Waals surface area contributed by atoms with E-state index in [0.717, 1.165) is 30.3 Å². The summed E-state index contributed by atoms with van der Waals surface area (Å²) >= 11 is 0. The first kappa shape index (κ1) is 8.93. The minimum atomic E-state index is 0.755. The van der Waals surface area contributed by atoms with Crippen LogP contribution in [0.4, 0.5) is 5.95 Å². The Hall–Kier alpha value is -1.65. The second-order valence-corrected chi connectivity index (χ2v) is 3.26. The zero-order chi connectivity index (χ0) is 9.97. The van der Waals surface area contributed by atoms with E-state index in [0.29, 0.717) is 0 Å². The maximum Gasteiger partial charge on any atom is 0.225 e. The van der Waals surface area contributed by atoms with Crippen LogP contribution in [0.25, 0.3) is 0 Å². The molecule has 5 nitrogen and oxygen atoms in total. The first-order chi connectivity index (χ1) is 6.79. The molecule has 1 saturated heterocycles. The van der Waals surface area contributed by atoms with E-state index in [9.17, 15) is 0 Å². The Bertz CT molecular complexity index is 338. The van der Waals surface area contributed by atoms with E-state index in [1.807, 2.05) is 24.2 Å². The van der Waals surface area contributed by atoms with Crippen molar-refractivity contribution in [3.05, 3.63) is 18.0 Å². The van der Waals surface area contributed by atoms with Crippen LogP contribution in [-0.2, 0) is 4.84 Å². The number of oxime groups is 1. The number of hydrogen-bond donors (Lipinski definition) is 0. The molecule has 0 amide bonds. The number of rotatable bonds is 2. The van der Waals surface area contributed by atoms with Crippen LogP contribution in [0.2, 0.25) is 0 Å². The molecule has 2 rings (SSSR count). The van der Waals surface area contributed by atoms with Crippen molar-refractivity contribution in [2.75, 3.05) is 25.1 Å². The Kier molecular flexibility index (Phi) is 2.30. The molecule has 0 spiro atoms. The molecule has 0 saturated carbocycles. The highest BCUT2D eigenvalue weighted by Crippen LogP contribution is 2.13. The molecule has 0 aromatic carbocycles. The standard InChI is InChI=1S/C9H12N4O/c1-7-3-10-9(11-4-7)13-5-8(6-13)12-14-2/h3-4H,5-6H2,1-2H3. The summed E-state index contributed by atoms with van der Waals surface area (Å²) in [7, 11) is 1.55. The van der Waals surface area contributed by atoms with Crippen LogP contribution in [0, 0.1) is 6.92 Å². The fourth-order valence-electron chi connectivity index (χ4n) is 1.27. The van der Waals surface area contributed by atoms with Gasteiger partial charge in [-0.1, -0.05) is 5.16 Å². The molecule has 1 aliphatic rings. The summed E-state index contributed by atoms with van der Waals surface area (Å²) in [5, 5.41) is 3.84. The van der Waals surface area contributed by atoms with E-state index in [-0.39, 0.29) is 0 Å². The highest BCUT2D eigenvalue weighted by Gasteiger charge is 2.24. The average Bonchev–Trinajstić information content (AvgIpc) is 2.13. The van der Waals surface area contributed by atoms with Crippen LogP contribution in [0.3, 0.4) is 0 Å². The second kappa shape index (κ2) is 3.61. The Morgan fingerprint density at radius 3 is 2.57 bits per heavy atom. The predicted octanol–water partition coefficient (Wildman–Crippen LogP) is 0.607. The van der Waals surface area contributed by atoms with Gasteiger partial charge in [0.2, 0.25) is 5.95 Å². The van der Waals surface area contributed by atoms with Crippen molar-refractivity contribution in [3.63, 3.8) is 0 Å². The Morgan fingerprint density at radius 2 is 2.00 bits per heavy atom. The Balaban J connectivity index is 2.00. The quantitative estimate of drug-likeness (QED) is 0.644. The molecule has 1 fully saturated rings. The lowest BCUT2D eigenvalue weighted by Crippen LogP contribution is -2.48. The zero-order valence-electron chi connectivity index (χ0n) is 8.27. The van der Waals surface area contributed by atoms with E-state index in [4.69, 9.17) is 0 Å². The molecule has 0 bridgehead atoms. The predicted molar refractivity (Wildman–Crippen MR) is 53.4 cm³/mol. The fraction of sp³-hybridized carbons (Fsp3) is 0.444. The maximum absolute atomic E-state index is 4.67. The number of aromatic nitrogens is 2. The molecule has 0 unspecified atom stereocenters. The first-order valence-electron chi connectivity index (χ1n) is 4.42. The van der Waals surface area contributed by atoms with Crippen LogP contribution in [0.1, 0.15) is 5.56 Å². The Labute approximate surface area is 82.4 Å². The van der Waals surface area contributed by atoms with Crippen molar-refractivity contribution in [1.29, 1.82) is 0 Å². The van der Waals surface area contributed by atoms with Gasteiger partial charge in [0.05, 0.1) is 18.8 Å². The topological polar surface area (TPSA) is 50.6 Å². The van der Waals surface area contributed by atoms with Gasteiger partial charge in [0.1, 0.15) is 7.11 Å². The number of hydrogen-bond acceptors (Lipinski definition) is 5. The summed E-state index contributed by atoms with van der Waals surface area (Å²) in [5.41, 5.74) is 2.09. The third-order valence-corrected chi connectivity index (χ3v) is 2.02. The SMILES string of the molecule is CON=C1CN(c2ncc(C)cn2)C1. The van der Waals surface area contributed by atoms with E-state index in [1.165, 1.54) is 0 Å². The van der Waals surface area contributed by atoms with Gasteiger partial charge in [0.25, 0.3) is 0 Å². The largest absolute Gasteiger partial charge is 0.399 e. The summed E-state index contributed by atoms with van der Waals surface area (Å²) in [6, 6.07) is 0. The minimum Gasteiger partial charge on any atom is -0.399 e. The summed E-state index contributed by atoms with van der Waals surface area (Å²) in [6.45, 7) is 3.49. The Morgan fingerprint density at radius 1 is 1.36 bits per heavy atom. The molecule has 2 heterocycles. The van der Waals surface area contributed by atoms with Crippen molar-refractivity contribution in [2.45, 2.75) is 6.92 Å². The lowest BCUT2D eigenvalue weighted by Gasteiger charge is -2.31. The monoisotopic (exact) mass is 192 g/mol. The normalized spacial score (nSPS) is 15.0. The van der Waals surface area contributed by atoms with Gasteiger partial charge < -0.3 is 9.74 Å². The lowest BCUT2D eigenvalue weighted by atomic mass is 10.2. The molecular weight excluding hydrogens is 180 g/mol. The van der Waals surface area contributed by atoms with Crippen LogP contribution in [-0.4, -0.2) is 35.9 Å². The number of nitrogens with zero attached hydrogens (tertiary/aromatic N) is 4. The van der Waals surface area contributed by atoms with Gasteiger partial charge >= 0.3 is 0 Å².